The van der Waals surface area contributed by atoms with Gasteiger partial charge in [-0.25, -0.2) is 18.0 Å². The Hall–Kier alpha value is -1.57. The summed E-state index contributed by atoms with van der Waals surface area (Å²) in [6.07, 6.45) is 1.65. The fourth-order valence-corrected chi connectivity index (χ4v) is 2.92. The molecule has 0 radical (unpaired) electrons. The molecular weight excluding hydrogens is 260 g/mol. The van der Waals surface area contributed by atoms with Crippen molar-refractivity contribution >= 4 is 21.8 Å². The van der Waals surface area contributed by atoms with Crippen molar-refractivity contribution in [2.24, 2.45) is 0 Å². The summed E-state index contributed by atoms with van der Waals surface area (Å²) in [4.78, 5) is 23.7. The molecule has 1 aliphatic heterocycles. The van der Waals surface area contributed by atoms with Crippen molar-refractivity contribution in [2.45, 2.75) is 25.4 Å². The Kier molecular flexibility index (Phi) is 4.33. The van der Waals surface area contributed by atoms with Gasteiger partial charge in [0.15, 0.2) is 9.84 Å². The van der Waals surface area contributed by atoms with Crippen molar-refractivity contribution in [2.75, 3.05) is 12.8 Å². The van der Waals surface area contributed by atoms with E-state index in [4.69, 9.17) is 5.11 Å². The highest BCUT2D eigenvalue weighted by atomic mass is 32.2. The van der Waals surface area contributed by atoms with Gasteiger partial charge in [-0.05, 0) is 12.5 Å². The second kappa shape index (κ2) is 5.38. The lowest BCUT2D eigenvalue weighted by Gasteiger charge is -2.25. The zero-order valence-electron chi connectivity index (χ0n) is 10.2. The highest BCUT2D eigenvalue weighted by Crippen LogP contribution is 2.09. The van der Waals surface area contributed by atoms with Crippen LogP contribution in [0.5, 0.6) is 0 Å². The van der Waals surface area contributed by atoms with Crippen LogP contribution in [-0.2, 0) is 14.6 Å². The van der Waals surface area contributed by atoms with E-state index in [2.05, 4.69) is 5.32 Å². The summed E-state index contributed by atoms with van der Waals surface area (Å²) in [7, 11) is -1.87. The number of sulfone groups is 1. The van der Waals surface area contributed by atoms with Crippen molar-refractivity contribution in [1.82, 2.24) is 10.2 Å². The first-order valence-corrected chi connectivity index (χ1v) is 7.15. The maximum absolute atomic E-state index is 11.7. The topological polar surface area (TPSA) is 104 Å². The number of carboxylic acids is 1. The number of hydrogen-bond acceptors (Lipinski definition) is 4. The molecule has 1 aliphatic rings. The van der Waals surface area contributed by atoms with Gasteiger partial charge in [-0.3, -0.25) is 0 Å². The molecule has 0 bridgehead atoms. The monoisotopic (exact) mass is 276 g/mol. The molecule has 2 unspecified atom stereocenters. The minimum absolute atomic E-state index is 0.184. The molecule has 0 aromatic carbocycles. The van der Waals surface area contributed by atoms with Crippen molar-refractivity contribution in [1.29, 1.82) is 0 Å². The van der Waals surface area contributed by atoms with Crippen LogP contribution < -0.4 is 5.32 Å². The van der Waals surface area contributed by atoms with Crippen LogP contribution in [0.1, 0.15) is 13.3 Å². The summed E-state index contributed by atoms with van der Waals surface area (Å²) in [6, 6.07) is -2.13. The first-order chi connectivity index (χ1) is 8.26. The summed E-state index contributed by atoms with van der Waals surface area (Å²) in [5.41, 5.74) is 0. The fraction of sp³-hybridized carbons (Fsp3) is 0.600. The number of urea groups is 1. The van der Waals surface area contributed by atoms with E-state index in [1.165, 1.54) is 13.1 Å². The molecule has 2 amide bonds. The van der Waals surface area contributed by atoms with Crippen LogP contribution in [0.4, 0.5) is 4.79 Å². The van der Waals surface area contributed by atoms with Gasteiger partial charge in [-0.15, -0.1) is 0 Å². The van der Waals surface area contributed by atoms with Crippen LogP contribution in [0.25, 0.3) is 0 Å². The van der Waals surface area contributed by atoms with E-state index in [0.717, 1.165) is 10.3 Å². The van der Waals surface area contributed by atoms with E-state index >= 15 is 0 Å². The summed E-state index contributed by atoms with van der Waals surface area (Å²) >= 11 is 0. The van der Waals surface area contributed by atoms with E-state index in [-0.39, 0.29) is 12.2 Å². The number of nitrogens with one attached hydrogen (secondary N) is 1. The molecule has 0 aromatic heterocycles. The van der Waals surface area contributed by atoms with E-state index in [1.54, 1.807) is 6.92 Å². The van der Waals surface area contributed by atoms with Gasteiger partial charge in [0, 0.05) is 12.5 Å². The molecule has 0 saturated carbocycles. The zero-order chi connectivity index (χ0) is 13.9. The highest BCUT2D eigenvalue weighted by Gasteiger charge is 2.28. The Bertz CT molecular complexity index is 471. The van der Waals surface area contributed by atoms with Crippen LogP contribution >= 0.6 is 0 Å². The summed E-state index contributed by atoms with van der Waals surface area (Å²) < 4.78 is 22.3. The van der Waals surface area contributed by atoms with Gasteiger partial charge in [0.05, 0.1) is 11.8 Å². The molecule has 1 rings (SSSR count). The average Bonchev–Trinajstić information content (AvgIpc) is 2.58. The molecule has 7 nitrogen and oxygen atoms in total. The Balaban J connectivity index is 2.61. The highest BCUT2D eigenvalue weighted by molar-refractivity contribution is 7.94. The van der Waals surface area contributed by atoms with Crippen LogP contribution in [-0.4, -0.2) is 55.3 Å². The van der Waals surface area contributed by atoms with Crippen LogP contribution in [0.15, 0.2) is 11.5 Å². The summed E-state index contributed by atoms with van der Waals surface area (Å²) in [6.45, 7) is 1.66. The van der Waals surface area contributed by atoms with Gasteiger partial charge in [-0.1, -0.05) is 6.92 Å². The SMILES string of the molecule is CCC(C(=O)O)N(C)C(=O)NC1C=CS(=O)(=O)C1. The predicted molar refractivity (Wildman–Crippen MR) is 64.7 cm³/mol. The largest absolute Gasteiger partial charge is 0.480 e. The average molecular weight is 276 g/mol. The second-order valence-electron chi connectivity index (χ2n) is 4.09. The maximum atomic E-state index is 11.7. The van der Waals surface area contributed by atoms with Crippen molar-refractivity contribution in [3.63, 3.8) is 0 Å². The van der Waals surface area contributed by atoms with Gasteiger partial charge in [0.25, 0.3) is 0 Å². The van der Waals surface area contributed by atoms with Gasteiger partial charge in [-0.2, -0.15) is 0 Å². The lowest BCUT2D eigenvalue weighted by molar-refractivity contribution is -0.141. The third kappa shape index (κ3) is 3.46. The molecule has 102 valence electrons. The summed E-state index contributed by atoms with van der Waals surface area (Å²) in [5, 5.41) is 12.4. The maximum Gasteiger partial charge on any atom is 0.326 e. The molecule has 8 heteroatoms. The van der Waals surface area contributed by atoms with E-state index in [1.807, 2.05) is 0 Å². The smallest absolute Gasteiger partial charge is 0.326 e. The third-order valence-corrected chi connectivity index (χ3v) is 4.09. The number of likely N-dealkylation sites (N-methyl/N-ethyl adjacent to an activating group) is 1. The number of carbonyl (C=O) groups excluding carboxylic acids is 1. The molecule has 0 saturated heterocycles. The summed E-state index contributed by atoms with van der Waals surface area (Å²) in [5.74, 6) is -1.28. The quantitative estimate of drug-likeness (QED) is 0.740. The number of nitrogens with zero attached hydrogens (tertiary/aromatic N) is 1. The van der Waals surface area contributed by atoms with Crippen LogP contribution in [0.2, 0.25) is 0 Å². The Morgan fingerprint density at radius 3 is 2.56 bits per heavy atom. The minimum Gasteiger partial charge on any atom is -0.480 e. The van der Waals surface area contributed by atoms with Gasteiger partial charge in [0.2, 0.25) is 0 Å². The van der Waals surface area contributed by atoms with Crippen LogP contribution in [0.3, 0.4) is 0 Å². The first kappa shape index (κ1) is 14.5. The molecule has 1 heterocycles. The van der Waals surface area contributed by atoms with E-state index in [9.17, 15) is 18.0 Å². The zero-order valence-corrected chi connectivity index (χ0v) is 11.0. The van der Waals surface area contributed by atoms with E-state index in [0.29, 0.717) is 0 Å². The predicted octanol–water partition coefficient (Wildman–Crippen LogP) is -0.198. The number of hydrogen-bond donors (Lipinski definition) is 2. The third-order valence-electron chi connectivity index (χ3n) is 2.70. The number of aliphatic carboxylic acids is 1. The molecule has 2 atom stereocenters. The Morgan fingerprint density at radius 2 is 2.17 bits per heavy atom. The minimum atomic E-state index is -3.24. The Labute approximate surface area is 105 Å². The van der Waals surface area contributed by atoms with Gasteiger partial charge < -0.3 is 15.3 Å². The van der Waals surface area contributed by atoms with Gasteiger partial charge >= 0.3 is 12.0 Å². The second-order valence-corrected chi connectivity index (χ2v) is 6.02. The standard InChI is InChI=1S/C10H16N2O5S/c1-3-8(9(13)14)12(2)10(15)11-7-4-5-18(16,17)6-7/h4-5,7-8H,3,6H2,1-2H3,(H,11,15)(H,13,14). The van der Waals surface area contributed by atoms with Crippen molar-refractivity contribution < 1.29 is 23.1 Å². The number of rotatable bonds is 4. The molecule has 0 spiro atoms. The Morgan fingerprint density at radius 1 is 1.56 bits per heavy atom. The lowest BCUT2D eigenvalue weighted by atomic mass is 10.2. The van der Waals surface area contributed by atoms with Gasteiger partial charge in [0.1, 0.15) is 6.04 Å². The number of carboxylic acid groups (broad SMARTS) is 1. The molecule has 0 aliphatic carbocycles. The number of carbonyl (C=O) groups is 2. The lowest BCUT2D eigenvalue weighted by Crippen LogP contribution is -2.49. The molecule has 2 N–H and O–H groups in total. The molecule has 18 heavy (non-hydrogen) atoms. The normalized spacial score (nSPS) is 22.4. The molecule has 0 aromatic rings. The van der Waals surface area contributed by atoms with Crippen molar-refractivity contribution in [3.8, 4) is 0 Å². The first-order valence-electron chi connectivity index (χ1n) is 5.44. The molecule has 0 fully saturated rings. The van der Waals surface area contributed by atoms with E-state index < -0.39 is 33.9 Å². The number of amides is 2. The fourth-order valence-electron chi connectivity index (χ4n) is 1.68. The van der Waals surface area contributed by atoms with Crippen LogP contribution in [0, 0.1) is 0 Å². The molecular formula is C10H16N2O5S. The van der Waals surface area contributed by atoms with Crippen molar-refractivity contribution in [3.05, 3.63) is 11.5 Å².